The van der Waals surface area contributed by atoms with Gasteiger partial charge in [-0.25, -0.2) is 4.39 Å². The lowest BCUT2D eigenvalue weighted by molar-refractivity contribution is 0.195. The van der Waals surface area contributed by atoms with Crippen LogP contribution < -0.4 is 5.32 Å². The molecule has 0 aliphatic carbocycles. The molecule has 1 atom stereocenters. The smallest absolute Gasteiger partial charge is 0.129 e. The van der Waals surface area contributed by atoms with E-state index in [1.54, 1.807) is 17.4 Å². The van der Waals surface area contributed by atoms with Crippen LogP contribution in [0.25, 0.3) is 0 Å². The molecule has 1 aliphatic heterocycles. The molecule has 0 radical (unpaired) electrons. The molecule has 2 heterocycles. The molecule has 3 rings (SSSR count). The van der Waals surface area contributed by atoms with Gasteiger partial charge in [0.25, 0.3) is 0 Å². The summed E-state index contributed by atoms with van der Waals surface area (Å²) >= 11 is 8.09. The van der Waals surface area contributed by atoms with Crippen molar-refractivity contribution in [2.75, 3.05) is 26.2 Å². The van der Waals surface area contributed by atoms with Crippen LogP contribution >= 0.6 is 35.3 Å². The summed E-state index contributed by atoms with van der Waals surface area (Å²) in [5.74, 6) is -0.222. The quantitative estimate of drug-likeness (QED) is 0.879. The highest BCUT2D eigenvalue weighted by Crippen LogP contribution is 2.37. The lowest BCUT2D eigenvalue weighted by Crippen LogP contribution is -2.45. The largest absolute Gasteiger partial charge is 0.314 e. The van der Waals surface area contributed by atoms with Crippen LogP contribution in [-0.4, -0.2) is 31.1 Å². The van der Waals surface area contributed by atoms with Crippen molar-refractivity contribution in [3.8, 4) is 0 Å². The van der Waals surface area contributed by atoms with Crippen LogP contribution in [0.15, 0.2) is 29.0 Å². The zero-order valence-corrected chi connectivity index (χ0v) is 14.7. The Morgan fingerprint density at radius 1 is 1.27 bits per heavy atom. The topological polar surface area (TPSA) is 15.3 Å². The number of thiophene rings is 1. The fourth-order valence-electron chi connectivity index (χ4n) is 2.86. The van der Waals surface area contributed by atoms with Gasteiger partial charge in [0.05, 0.1) is 11.1 Å². The van der Waals surface area contributed by atoms with Crippen LogP contribution in [0.1, 0.15) is 22.7 Å². The van der Waals surface area contributed by atoms with E-state index in [1.165, 1.54) is 6.07 Å². The van der Waals surface area contributed by atoms with Gasteiger partial charge in [0.1, 0.15) is 5.82 Å². The van der Waals surface area contributed by atoms with Crippen LogP contribution in [0.2, 0.25) is 5.02 Å². The number of benzene rings is 1. The second-order valence-corrected chi connectivity index (χ2v) is 6.50. The summed E-state index contributed by atoms with van der Waals surface area (Å²) < 4.78 is 14.5. The van der Waals surface area contributed by atoms with Gasteiger partial charge in [0.15, 0.2) is 0 Å². The number of nitrogens with zero attached hydrogens (tertiary/aromatic N) is 1. The van der Waals surface area contributed by atoms with Crippen LogP contribution in [0, 0.1) is 12.7 Å². The van der Waals surface area contributed by atoms with E-state index in [1.807, 2.05) is 12.3 Å². The monoisotopic (exact) mass is 360 g/mol. The summed E-state index contributed by atoms with van der Waals surface area (Å²) in [5.41, 5.74) is 2.65. The Balaban J connectivity index is 0.00000176. The Morgan fingerprint density at radius 3 is 2.64 bits per heavy atom. The predicted octanol–water partition coefficient (Wildman–Crippen LogP) is 4.27. The normalized spacial score (nSPS) is 17.0. The fraction of sp³-hybridized carbons (Fsp3) is 0.375. The van der Waals surface area contributed by atoms with E-state index in [-0.39, 0.29) is 24.3 Å². The van der Waals surface area contributed by atoms with Gasteiger partial charge in [-0.05, 0) is 40.9 Å². The van der Waals surface area contributed by atoms with Crippen molar-refractivity contribution in [1.29, 1.82) is 0 Å². The van der Waals surface area contributed by atoms with E-state index in [0.717, 1.165) is 37.3 Å². The zero-order chi connectivity index (χ0) is 14.8. The average Bonchev–Trinajstić information content (AvgIpc) is 3.02. The first kappa shape index (κ1) is 17.7. The number of hydrogen-bond acceptors (Lipinski definition) is 3. The molecule has 1 saturated heterocycles. The van der Waals surface area contributed by atoms with E-state index >= 15 is 0 Å². The minimum atomic E-state index is -0.222. The van der Waals surface area contributed by atoms with Gasteiger partial charge in [-0.3, -0.25) is 4.90 Å². The van der Waals surface area contributed by atoms with Gasteiger partial charge in [0.2, 0.25) is 0 Å². The molecule has 0 saturated carbocycles. The fourth-order valence-corrected chi connectivity index (χ4v) is 3.80. The van der Waals surface area contributed by atoms with Crippen molar-refractivity contribution in [3.05, 3.63) is 56.5 Å². The number of piperazine rings is 1. The molecule has 2 aromatic rings. The van der Waals surface area contributed by atoms with Crippen LogP contribution in [-0.2, 0) is 0 Å². The Labute approximate surface area is 145 Å². The van der Waals surface area contributed by atoms with Gasteiger partial charge in [0, 0.05) is 31.7 Å². The first-order chi connectivity index (χ1) is 10.2. The van der Waals surface area contributed by atoms with Crippen LogP contribution in [0.4, 0.5) is 4.39 Å². The molecular formula is C16H19Cl2FN2S. The second-order valence-electron chi connectivity index (χ2n) is 5.34. The number of halogens is 3. The highest BCUT2D eigenvalue weighted by molar-refractivity contribution is 7.08. The molecule has 0 spiro atoms. The van der Waals surface area contributed by atoms with Gasteiger partial charge in [-0.2, -0.15) is 11.3 Å². The molecule has 6 heteroatoms. The van der Waals surface area contributed by atoms with E-state index in [4.69, 9.17) is 11.6 Å². The molecular weight excluding hydrogens is 342 g/mol. The van der Waals surface area contributed by atoms with Crippen LogP contribution in [0.5, 0.6) is 0 Å². The summed E-state index contributed by atoms with van der Waals surface area (Å²) in [5, 5.41) is 8.01. The van der Waals surface area contributed by atoms with Crippen molar-refractivity contribution in [1.82, 2.24) is 10.2 Å². The lowest BCUT2D eigenvalue weighted by Gasteiger charge is -2.35. The molecule has 2 nitrogen and oxygen atoms in total. The molecule has 1 aromatic heterocycles. The summed E-state index contributed by atoms with van der Waals surface area (Å²) in [6.07, 6.45) is 0. The second kappa shape index (κ2) is 7.75. The molecule has 1 aliphatic rings. The van der Waals surface area contributed by atoms with E-state index < -0.39 is 0 Å². The van der Waals surface area contributed by atoms with Gasteiger partial charge in [-0.15, -0.1) is 12.4 Å². The molecule has 1 aromatic carbocycles. The average molecular weight is 361 g/mol. The zero-order valence-electron chi connectivity index (χ0n) is 12.3. The number of rotatable bonds is 3. The van der Waals surface area contributed by atoms with Gasteiger partial charge in [-0.1, -0.05) is 17.7 Å². The number of aryl methyl sites for hydroxylation is 1. The van der Waals surface area contributed by atoms with E-state index in [0.29, 0.717) is 10.6 Å². The third kappa shape index (κ3) is 3.47. The Morgan fingerprint density at radius 2 is 2.00 bits per heavy atom. The molecule has 22 heavy (non-hydrogen) atoms. The summed E-state index contributed by atoms with van der Waals surface area (Å²) in [6.45, 7) is 5.56. The van der Waals surface area contributed by atoms with Crippen LogP contribution in [0.3, 0.4) is 0 Å². The first-order valence-electron chi connectivity index (χ1n) is 7.10. The highest BCUT2D eigenvalue weighted by atomic mass is 35.5. The molecule has 1 fully saturated rings. The van der Waals surface area contributed by atoms with E-state index in [2.05, 4.69) is 21.7 Å². The first-order valence-corrected chi connectivity index (χ1v) is 8.42. The molecule has 0 bridgehead atoms. The predicted molar refractivity (Wildman–Crippen MR) is 94.0 cm³/mol. The van der Waals surface area contributed by atoms with Crippen molar-refractivity contribution in [2.45, 2.75) is 13.0 Å². The maximum absolute atomic E-state index is 14.5. The number of hydrogen-bond donors (Lipinski definition) is 1. The standard InChI is InChI=1S/C16H18ClFN2S.ClH/c1-11-2-3-13(18)14(15(11)17)16(12-4-9-21-10-12)20-7-5-19-6-8-20;/h2-4,9-10,16,19H,5-8H2,1H3;1H/t16-;/m0./s1. The number of nitrogens with one attached hydrogen (secondary N) is 1. The van der Waals surface area contributed by atoms with Crippen molar-refractivity contribution < 1.29 is 4.39 Å². The third-order valence-electron chi connectivity index (χ3n) is 3.97. The van der Waals surface area contributed by atoms with Crippen molar-refractivity contribution >= 4 is 35.3 Å². The van der Waals surface area contributed by atoms with E-state index in [9.17, 15) is 4.39 Å². The molecule has 0 unspecified atom stereocenters. The Bertz CT molecular complexity index is 613. The Kier molecular flexibility index (Phi) is 6.24. The van der Waals surface area contributed by atoms with Crippen molar-refractivity contribution in [2.24, 2.45) is 0 Å². The van der Waals surface area contributed by atoms with Gasteiger partial charge >= 0.3 is 0 Å². The van der Waals surface area contributed by atoms with Gasteiger partial charge < -0.3 is 5.32 Å². The maximum Gasteiger partial charge on any atom is 0.129 e. The molecule has 1 N–H and O–H groups in total. The SMILES string of the molecule is Cc1ccc(F)c([C@H](c2ccsc2)N2CCNCC2)c1Cl.Cl. The summed E-state index contributed by atoms with van der Waals surface area (Å²) in [6, 6.07) is 5.22. The highest BCUT2D eigenvalue weighted by Gasteiger charge is 2.29. The Hall–Kier alpha value is -0.650. The maximum atomic E-state index is 14.5. The molecule has 120 valence electrons. The minimum Gasteiger partial charge on any atom is -0.314 e. The van der Waals surface area contributed by atoms with Crippen molar-refractivity contribution in [3.63, 3.8) is 0 Å². The minimum absolute atomic E-state index is 0. The summed E-state index contributed by atoms with van der Waals surface area (Å²) in [7, 11) is 0. The summed E-state index contributed by atoms with van der Waals surface area (Å²) in [4.78, 5) is 2.31. The molecule has 0 amide bonds. The third-order valence-corrected chi connectivity index (χ3v) is 5.17. The lowest BCUT2D eigenvalue weighted by atomic mass is 9.96.